The molecular formula is C14H20N2O2. The van der Waals surface area contributed by atoms with Crippen LogP contribution in [0.25, 0.3) is 0 Å². The van der Waals surface area contributed by atoms with Crippen LogP contribution in [0, 0.1) is 19.8 Å². The minimum Gasteiger partial charge on any atom is -0.466 e. The fraction of sp³-hybridized carbons (Fsp3) is 0.571. The third-order valence-electron chi connectivity index (χ3n) is 3.39. The van der Waals surface area contributed by atoms with Crippen molar-refractivity contribution in [3.8, 4) is 0 Å². The Kier molecular flexibility index (Phi) is 4.18. The summed E-state index contributed by atoms with van der Waals surface area (Å²) in [5, 5.41) is 4.06. The Balaban J connectivity index is 1.87. The van der Waals surface area contributed by atoms with E-state index in [1.807, 2.05) is 13.1 Å². The molecule has 0 radical (unpaired) electrons. The number of carbonyl (C=O) groups is 1. The molecule has 1 aromatic rings. The number of hydrazone groups is 1. The van der Waals surface area contributed by atoms with Crippen LogP contribution in [0.2, 0.25) is 0 Å². The number of hydrogen-bond donors (Lipinski definition) is 1. The number of hydrogen-bond acceptors (Lipinski definition) is 3. The number of amides is 1. The molecule has 1 aromatic heterocycles. The van der Waals surface area contributed by atoms with Crippen LogP contribution in [0.4, 0.5) is 0 Å². The molecule has 1 N–H and O–H groups in total. The highest BCUT2D eigenvalue weighted by Crippen LogP contribution is 2.21. The Morgan fingerprint density at radius 3 is 2.72 bits per heavy atom. The van der Waals surface area contributed by atoms with Crippen LogP contribution in [0.3, 0.4) is 0 Å². The molecule has 2 rings (SSSR count). The lowest BCUT2D eigenvalue weighted by atomic mass is 9.90. The van der Waals surface area contributed by atoms with Gasteiger partial charge in [-0.2, -0.15) is 5.10 Å². The average Bonchev–Trinajstić information content (AvgIpc) is 2.70. The van der Waals surface area contributed by atoms with Crippen molar-refractivity contribution in [2.75, 3.05) is 0 Å². The largest absolute Gasteiger partial charge is 0.466 e. The number of aryl methyl sites for hydroxylation is 2. The summed E-state index contributed by atoms with van der Waals surface area (Å²) in [4.78, 5) is 11.8. The molecule has 0 saturated heterocycles. The maximum Gasteiger partial charge on any atom is 0.274 e. The van der Waals surface area contributed by atoms with Crippen molar-refractivity contribution in [3.05, 3.63) is 23.2 Å². The molecule has 98 valence electrons. The number of nitrogens with one attached hydrogen (secondary N) is 1. The summed E-state index contributed by atoms with van der Waals surface area (Å²) >= 11 is 0. The molecule has 1 saturated carbocycles. The van der Waals surface area contributed by atoms with E-state index in [9.17, 15) is 4.79 Å². The second-order valence-electron chi connectivity index (χ2n) is 4.94. The fourth-order valence-electron chi connectivity index (χ4n) is 2.40. The molecular weight excluding hydrogens is 228 g/mol. The lowest BCUT2D eigenvalue weighted by molar-refractivity contribution is 0.0953. The molecule has 4 heteroatoms. The fourth-order valence-corrected chi connectivity index (χ4v) is 2.40. The predicted octanol–water partition coefficient (Wildman–Crippen LogP) is 3.19. The summed E-state index contributed by atoms with van der Waals surface area (Å²) in [6.07, 6.45) is 8.10. The quantitative estimate of drug-likeness (QED) is 0.659. The van der Waals surface area contributed by atoms with E-state index in [2.05, 4.69) is 10.5 Å². The first-order valence-corrected chi connectivity index (χ1v) is 6.57. The number of nitrogens with zero attached hydrogens (tertiary/aromatic N) is 1. The topological polar surface area (TPSA) is 54.6 Å². The third kappa shape index (κ3) is 3.22. The van der Waals surface area contributed by atoms with Gasteiger partial charge in [-0.05, 0) is 38.7 Å². The van der Waals surface area contributed by atoms with Crippen LogP contribution in [0.15, 0.2) is 15.6 Å². The Morgan fingerprint density at radius 1 is 1.39 bits per heavy atom. The van der Waals surface area contributed by atoms with Gasteiger partial charge >= 0.3 is 0 Å². The Hall–Kier alpha value is -1.58. The van der Waals surface area contributed by atoms with Crippen molar-refractivity contribution in [2.24, 2.45) is 11.0 Å². The summed E-state index contributed by atoms with van der Waals surface area (Å²) in [5.74, 6) is 1.70. The Labute approximate surface area is 107 Å². The molecule has 4 nitrogen and oxygen atoms in total. The summed E-state index contributed by atoms with van der Waals surface area (Å²) in [6, 6.07) is 1.74. The van der Waals surface area contributed by atoms with Gasteiger partial charge in [0.2, 0.25) is 0 Å². The highest BCUT2D eigenvalue weighted by molar-refractivity contribution is 5.95. The van der Waals surface area contributed by atoms with E-state index in [0.717, 1.165) is 5.76 Å². The average molecular weight is 248 g/mol. The van der Waals surface area contributed by atoms with Gasteiger partial charge in [0.15, 0.2) is 0 Å². The van der Waals surface area contributed by atoms with E-state index >= 15 is 0 Å². The molecule has 0 spiro atoms. The number of furan rings is 1. The molecule has 0 aromatic carbocycles. The summed E-state index contributed by atoms with van der Waals surface area (Å²) in [5.41, 5.74) is 3.13. The zero-order chi connectivity index (χ0) is 13.0. The van der Waals surface area contributed by atoms with Gasteiger partial charge in [-0.1, -0.05) is 19.3 Å². The number of carbonyl (C=O) groups excluding carboxylic acids is 1. The third-order valence-corrected chi connectivity index (χ3v) is 3.39. The second-order valence-corrected chi connectivity index (χ2v) is 4.94. The summed E-state index contributed by atoms with van der Waals surface area (Å²) < 4.78 is 5.32. The molecule has 1 aliphatic carbocycles. The van der Waals surface area contributed by atoms with E-state index in [1.165, 1.54) is 32.1 Å². The normalized spacial score (nSPS) is 17.2. The minimum atomic E-state index is -0.198. The monoisotopic (exact) mass is 248 g/mol. The van der Waals surface area contributed by atoms with Gasteiger partial charge in [-0.25, -0.2) is 5.43 Å². The standard InChI is InChI=1S/C14H20N2O2/c1-10-8-13(11(2)18-10)14(17)16-15-9-12-6-4-3-5-7-12/h8-9,12H,3-7H2,1-2H3,(H,16,17)/b15-9-. The number of rotatable bonds is 3. The molecule has 1 amide bonds. The molecule has 18 heavy (non-hydrogen) atoms. The summed E-state index contributed by atoms with van der Waals surface area (Å²) in [7, 11) is 0. The first kappa shape index (κ1) is 12.9. The maximum absolute atomic E-state index is 11.8. The van der Waals surface area contributed by atoms with Crippen LogP contribution in [0.1, 0.15) is 54.0 Å². The lowest BCUT2D eigenvalue weighted by Gasteiger charge is -2.16. The molecule has 1 aliphatic rings. The first-order chi connectivity index (χ1) is 8.66. The molecule has 1 fully saturated rings. The van der Waals surface area contributed by atoms with E-state index < -0.39 is 0 Å². The van der Waals surface area contributed by atoms with Crippen LogP contribution < -0.4 is 5.43 Å². The smallest absolute Gasteiger partial charge is 0.274 e. The zero-order valence-electron chi connectivity index (χ0n) is 11.0. The van der Waals surface area contributed by atoms with Gasteiger partial charge < -0.3 is 4.42 Å². The van der Waals surface area contributed by atoms with E-state index in [4.69, 9.17) is 4.42 Å². The SMILES string of the molecule is Cc1cc(C(=O)N/N=C\C2CCCCC2)c(C)o1. The van der Waals surface area contributed by atoms with Crippen molar-refractivity contribution in [3.63, 3.8) is 0 Å². The zero-order valence-corrected chi connectivity index (χ0v) is 11.0. The summed E-state index contributed by atoms with van der Waals surface area (Å²) in [6.45, 7) is 3.61. The highest BCUT2D eigenvalue weighted by atomic mass is 16.3. The minimum absolute atomic E-state index is 0.198. The van der Waals surface area contributed by atoms with Crippen LogP contribution in [0.5, 0.6) is 0 Å². The van der Waals surface area contributed by atoms with E-state index in [1.54, 1.807) is 13.0 Å². The van der Waals surface area contributed by atoms with Crippen LogP contribution in [-0.4, -0.2) is 12.1 Å². The van der Waals surface area contributed by atoms with Crippen LogP contribution >= 0.6 is 0 Å². The lowest BCUT2D eigenvalue weighted by Crippen LogP contribution is -2.19. The highest BCUT2D eigenvalue weighted by Gasteiger charge is 2.13. The van der Waals surface area contributed by atoms with Crippen molar-refractivity contribution >= 4 is 12.1 Å². The van der Waals surface area contributed by atoms with E-state index in [-0.39, 0.29) is 5.91 Å². The van der Waals surface area contributed by atoms with Gasteiger partial charge in [0.25, 0.3) is 5.91 Å². The predicted molar refractivity (Wildman–Crippen MR) is 70.7 cm³/mol. The molecule has 0 bridgehead atoms. The maximum atomic E-state index is 11.8. The second kappa shape index (κ2) is 5.85. The molecule has 0 aliphatic heterocycles. The molecule has 0 atom stereocenters. The Morgan fingerprint density at radius 2 is 2.11 bits per heavy atom. The van der Waals surface area contributed by atoms with Crippen molar-refractivity contribution < 1.29 is 9.21 Å². The van der Waals surface area contributed by atoms with Crippen LogP contribution in [-0.2, 0) is 0 Å². The molecule has 1 heterocycles. The van der Waals surface area contributed by atoms with Gasteiger partial charge in [0, 0.05) is 6.21 Å². The first-order valence-electron chi connectivity index (χ1n) is 6.57. The molecule has 0 unspecified atom stereocenters. The Bertz CT molecular complexity index is 443. The van der Waals surface area contributed by atoms with Gasteiger partial charge in [-0.15, -0.1) is 0 Å². The van der Waals surface area contributed by atoms with Crippen molar-refractivity contribution in [1.82, 2.24) is 5.43 Å². The van der Waals surface area contributed by atoms with E-state index in [0.29, 0.717) is 17.2 Å². The van der Waals surface area contributed by atoms with Gasteiger partial charge in [0.1, 0.15) is 11.5 Å². The van der Waals surface area contributed by atoms with Crippen molar-refractivity contribution in [1.29, 1.82) is 0 Å². The van der Waals surface area contributed by atoms with Gasteiger partial charge in [0.05, 0.1) is 5.56 Å². The van der Waals surface area contributed by atoms with Crippen molar-refractivity contribution in [2.45, 2.75) is 46.0 Å². The van der Waals surface area contributed by atoms with Gasteiger partial charge in [-0.3, -0.25) is 4.79 Å².